The maximum atomic E-state index is 12.6. The quantitative estimate of drug-likeness (QED) is 0.744. The van der Waals surface area contributed by atoms with Gasteiger partial charge < -0.3 is 5.32 Å². The third-order valence-electron chi connectivity index (χ3n) is 3.60. The molecule has 112 valence electrons. The number of hydrogen-bond acceptors (Lipinski definition) is 2. The molecule has 0 unspecified atom stereocenters. The summed E-state index contributed by atoms with van der Waals surface area (Å²) < 4.78 is 2.79. The fourth-order valence-electron chi connectivity index (χ4n) is 2.40. The van der Waals surface area contributed by atoms with Gasteiger partial charge in [0.05, 0.1) is 5.69 Å². The number of aromatic nitrogens is 2. The van der Waals surface area contributed by atoms with Crippen molar-refractivity contribution in [3.8, 4) is 0 Å². The Hall–Kier alpha value is -2.14. The highest BCUT2D eigenvalue weighted by molar-refractivity contribution is 9.10. The lowest BCUT2D eigenvalue weighted by atomic mass is 10.2. The van der Waals surface area contributed by atoms with Crippen molar-refractivity contribution in [2.75, 3.05) is 5.32 Å². The number of amides is 1. The SMILES string of the molecule is Cc1ccn2c(C(=O)Nc3ccc(C)c(Br)c3)c(C)nc2c1. The standard InChI is InChI=1S/C17H16BrN3O/c1-10-6-7-21-15(8-10)19-12(3)16(21)17(22)20-13-5-4-11(2)14(18)9-13/h4-9H,1-3H3,(H,20,22). The van der Waals surface area contributed by atoms with E-state index in [1.165, 1.54) is 0 Å². The van der Waals surface area contributed by atoms with Crippen LogP contribution in [0.25, 0.3) is 5.65 Å². The lowest BCUT2D eigenvalue weighted by molar-refractivity contribution is 0.102. The Labute approximate surface area is 137 Å². The number of imidazole rings is 1. The number of fused-ring (bicyclic) bond motifs is 1. The Kier molecular flexibility index (Phi) is 3.74. The number of nitrogens with one attached hydrogen (secondary N) is 1. The van der Waals surface area contributed by atoms with E-state index in [0.717, 1.165) is 26.9 Å². The molecule has 0 saturated carbocycles. The van der Waals surface area contributed by atoms with Crippen LogP contribution < -0.4 is 5.32 Å². The largest absolute Gasteiger partial charge is 0.321 e. The van der Waals surface area contributed by atoms with Crippen LogP contribution in [0.15, 0.2) is 41.0 Å². The summed E-state index contributed by atoms with van der Waals surface area (Å²) in [6, 6.07) is 9.68. The number of benzene rings is 1. The number of halogens is 1. The lowest BCUT2D eigenvalue weighted by Crippen LogP contribution is -2.15. The van der Waals surface area contributed by atoms with Gasteiger partial charge in [-0.25, -0.2) is 4.98 Å². The van der Waals surface area contributed by atoms with E-state index in [-0.39, 0.29) is 5.91 Å². The van der Waals surface area contributed by atoms with Gasteiger partial charge in [0.2, 0.25) is 0 Å². The summed E-state index contributed by atoms with van der Waals surface area (Å²) in [5.41, 5.74) is 5.06. The number of hydrogen-bond donors (Lipinski definition) is 1. The molecule has 0 bridgehead atoms. The Balaban J connectivity index is 1.98. The van der Waals surface area contributed by atoms with E-state index >= 15 is 0 Å². The minimum absolute atomic E-state index is 0.162. The summed E-state index contributed by atoms with van der Waals surface area (Å²) in [6.45, 7) is 5.86. The molecule has 0 saturated heterocycles. The van der Waals surface area contributed by atoms with Crippen LogP contribution in [-0.2, 0) is 0 Å². The molecule has 1 aromatic carbocycles. The molecule has 0 spiro atoms. The third kappa shape index (κ3) is 2.64. The average Bonchev–Trinajstić information content (AvgIpc) is 2.78. The van der Waals surface area contributed by atoms with Crippen molar-refractivity contribution < 1.29 is 4.79 Å². The second-order valence-electron chi connectivity index (χ2n) is 5.40. The first-order valence-corrected chi connectivity index (χ1v) is 7.78. The van der Waals surface area contributed by atoms with Gasteiger partial charge in [-0.2, -0.15) is 0 Å². The summed E-state index contributed by atoms with van der Waals surface area (Å²) in [4.78, 5) is 17.1. The van der Waals surface area contributed by atoms with E-state index in [4.69, 9.17) is 0 Å². The second-order valence-corrected chi connectivity index (χ2v) is 6.25. The van der Waals surface area contributed by atoms with Gasteiger partial charge in [0.25, 0.3) is 5.91 Å². The monoisotopic (exact) mass is 357 g/mol. The van der Waals surface area contributed by atoms with Gasteiger partial charge in [0.15, 0.2) is 0 Å². The molecule has 2 heterocycles. The molecule has 3 rings (SSSR count). The van der Waals surface area contributed by atoms with Crippen molar-refractivity contribution in [1.29, 1.82) is 0 Å². The first-order valence-electron chi connectivity index (χ1n) is 6.98. The van der Waals surface area contributed by atoms with E-state index in [2.05, 4.69) is 26.2 Å². The Bertz CT molecular complexity index is 883. The van der Waals surface area contributed by atoms with Crippen LogP contribution in [0.5, 0.6) is 0 Å². The van der Waals surface area contributed by atoms with Crippen LogP contribution in [0.2, 0.25) is 0 Å². The Morgan fingerprint density at radius 3 is 2.68 bits per heavy atom. The van der Waals surface area contributed by atoms with Crippen molar-refractivity contribution in [3.05, 3.63) is 63.5 Å². The first-order chi connectivity index (χ1) is 10.5. The molecule has 3 aromatic rings. The van der Waals surface area contributed by atoms with E-state index in [1.807, 2.05) is 61.7 Å². The normalized spacial score (nSPS) is 10.9. The molecule has 22 heavy (non-hydrogen) atoms. The van der Waals surface area contributed by atoms with Gasteiger partial charge in [-0.1, -0.05) is 22.0 Å². The Morgan fingerprint density at radius 2 is 1.95 bits per heavy atom. The maximum Gasteiger partial charge on any atom is 0.274 e. The van der Waals surface area contributed by atoms with E-state index < -0.39 is 0 Å². The van der Waals surface area contributed by atoms with Crippen molar-refractivity contribution in [3.63, 3.8) is 0 Å². The molecule has 0 atom stereocenters. The van der Waals surface area contributed by atoms with Crippen LogP contribution >= 0.6 is 15.9 Å². The van der Waals surface area contributed by atoms with Gasteiger partial charge in [0, 0.05) is 16.4 Å². The number of aryl methyl sites for hydroxylation is 3. The molecular formula is C17H16BrN3O. The number of anilines is 1. The summed E-state index contributed by atoms with van der Waals surface area (Å²) in [7, 11) is 0. The summed E-state index contributed by atoms with van der Waals surface area (Å²) in [6.07, 6.45) is 1.88. The maximum absolute atomic E-state index is 12.6. The van der Waals surface area contributed by atoms with Crippen molar-refractivity contribution in [1.82, 2.24) is 9.38 Å². The Morgan fingerprint density at radius 1 is 1.18 bits per heavy atom. The van der Waals surface area contributed by atoms with E-state index in [9.17, 15) is 4.79 Å². The fraction of sp³-hybridized carbons (Fsp3) is 0.176. The molecule has 5 heteroatoms. The number of rotatable bonds is 2. The number of pyridine rings is 1. The van der Waals surface area contributed by atoms with Gasteiger partial charge >= 0.3 is 0 Å². The molecule has 4 nitrogen and oxygen atoms in total. The zero-order chi connectivity index (χ0) is 15.9. The summed E-state index contributed by atoms with van der Waals surface area (Å²) in [5.74, 6) is -0.162. The number of nitrogens with zero attached hydrogens (tertiary/aromatic N) is 2. The highest BCUT2D eigenvalue weighted by atomic mass is 79.9. The van der Waals surface area contributed by atoms with E-state index in [0.29, 0.717) is 11.4 Å². The third-order valence-corrected chi connectivity index (χ3v) is 4.46. The molecule has 0 aliphatic rings. The number of carbonyl (C=O) groups is 1. The topological polar surface area (TPSA) is 46.4 Å². The lowest BCUT2D eigenvalue weighted by Gasteiger charge is -2.08. The molecular weight excluding hydrogens is 342 g/mol. The average molecular weight is 358 g/mol. The molecule has 1 N–H and O–H groups in total. The van der Waals surface area contributed by atoms with Crippen molar-refractivity contribution in [2.45, 2.75) is 20.8 Å². The number of carbonyl (C=O) groups excluding carboxylic acids is 1. The molecule has 1 amide bonds. The molecule has 0 aliphatic heterocycles. The highest BCUT2D eigenvalue weighted by Crippen LogP contribution is 2.22. The zero-order valence-electron chi connectivity index (χ0n) is 12.6. The highest BCUT2D eigenvalue weighted by Gasteiger charge is 2.16. The van der Waals surface area contributed by atoms with Crippen LogP contribution in [0, 0.1) is 20.8 Å². The van der Waals surface area contributed by atoms with Crippen molar-refractivity contribution >= 4 is 33.2 Å². The fourth-order valence-corrected chi connectivity index (χ4v) is 2.78. The van der Waals surface area contributed by atoms with Crippen LogP contribution in [0.4, 0.5) is 5.69 Å². The van der Waals surface area contributed by atoms with Crippen molar-refractivity contribution in [2.24, 2.45) is 0 Å². The van der Waals surface area contributed by atoms with E-state index in [1.54, 1.807) is 0 Å². The van der Waals surface area contributed by atoms with Crippen LogP contribution in [-0.4, -0.2) is 15.3 Å². The van der Waals surface area contributed by atoms with Crippen LogP contribution in [0.3, 0.4) is 0 Å². The second kappa shape index (κ2) is 5.57. The van der Waals surface area contributed by atoms with Gasteiger partial charge in [-0.05, 0) is 56.2 Å². The summed E-state index contributed by atoms with van der Waals surface area (Å²) in [5, 5.41) is 2.93. The molecule has 2 aromatic heterocycles. The zero-order valence-corrected chi connectivity index (χ0v) is 14.2. The minimum Gasteiger partial charge on any atom is -0.321 e. The van der Waals surface area contributed by atoms with Gasteiger partial charge in [-0.3, -0.25) is 9.20 Å². The predicted molar refractivity (Wildman–Crippen MR) is 91.5 cm³/mol. The molecule has 0 radical (unpaired) electrons. The van der Waals surface area contributed by atoms with Crippen LogP contribution in [0.1, 0.15) is 27.3 Å². The molecule has 0 fully saturated rings. The smallest absolute Gasteiger partial charge is 0.274 e. The predicted octanol–water partition coefficient (Wildman–Crippen LogP) is 4.27. The van der Waals surface area contributed by atoms with Gasteiger partial charge in [0.1, 0.15) is 11.3 Å². The minimum atomic E-state index is -0.162. The molecule has 0 aliphatic carbocycles. The first kappa shape index (κ1) is 14.8. The summed E-state index contributed by atoms with van der Waals surface area (Å²) >= 11 is 3.48. The van der Waals surface area contributed by atoms with Gasteiger partial charge in [-0.15, -0.1) is 0 Å².